The van der Waals surface area contributed by atoms with Crippen LogP contribution in [0.2, 0.25) is 0 Å². The van der Waals surface area contributed by atoms with E-state index in [1.165, 1.54) is 12.7 Å². The van der Waals surface area contributed by atoms with Crippen molar-refractivity contribution in [2.45, 2.75) is 26.0 Å². The van der Waals surface area contributed by atoms with Crippen molar-refractivity contribution in [1.29, 1.82) is 0 Å². The maximum Gasteiger partial charge on any atom is 0.308 e. The molecule has 0 radical (unpaired) electrons. The van der Waals surface area contributed by atoms with E-state index in [0.717, 1.165) is 43.2 Å². The van der Waals surface area contributed by atoms with E-state index in [-0.39, 0.29) is 11.9 Å². The Labute approximate surface area is 172 Å². The summed E-state index contributed by atoms with van der Waals surface area (Å²) in [7, 11) is 3.24. The molecular formula is C23H29N3O3. The van der Waals surface area contributed by atoms with Crippen molar-refractivity contribution in [1.82, 2.24) is 10.2 Å². The van der Waals surface area contributed by atoms with E-state index in [4.69, 9.17) is 9.47 Å². The zero-order valence-corrected chi connectivity index (χ0v) is 17.1. The molecule has 0 aromatic heterocycles. The van der Waals surface area contributed by atoms with Gasteiger partial charge in [-0.2, -0.15) is 0 Å². The number of hydrogen-bond donors (Lipinski definition) is 1. The standard InChI is InChI=1S/C23H29N3O3/c1-24-23(26-14-12-18(13-15-26)22(27)28-2)25-16-19-8-6-7-9-20(19)17-29-21-10-4-3-5-11-21/h3-11,18H,12-17H2,1-2H3,(H,24,25). The van der Waals surface area contributed by atoms with E-state index in [0.29, 0.717) is 13.2 Å². The minimum Gasteiger partial charge on any atom is -0.489 e. The Balaban J connectivity index is 1.55. The number of methoxy groups -OCH3 is 1. The van der Waals surface area contributed by atoms with Gasteiger partial charge in [-0.25, -0.2) is 0 Å². The van der Waals surface area contributed by atoms with Gasteiger partial charge in [0.25, 0.3) is 0 Å². The van der Waals surface area contributed by atoms with Gasteiger partial charge in [-0.1, -0.05) is 42.5 Å². The second-order valence-electron chi connectivity index (χ2n) is 7.06. The molecule has 0 aliphatic carbocycles. The highest BCUT2D eigenvalue weighted by molar-refractivity contribution is 5.80. The number of nitrogens with zero attached hydrogens (tertiary/aromatic N) is 2. The van der Waals surface area contributed by atoms with Gasteiger partial charge in [0.2, 0.25) is 0 Å². The molecule has 1 aliphatic heterocycles. The van der Waals surface area contributed by atoms with E-state index < -0.39 is 0 Å². The van der Waals surface area contributed by atoms with Gasteiger partial charge in [-0.05, 0) is 36.1 Å². The molecule has 1 heterocycles. The molecule has 0 atom stereocenters. The topological polar surface area (TPSA) is 63.2 Å². The summed E-state index contributed by atoms with van der Waals surface area (Å²) in [5.41, 5.74) is 2.32. The van der Waals surface area contributed by atoms with Crippen LogP contribution in [-0.4, -0.2) is 44.1 Å². The zero-order valence-electron chi connectivity index (χ0n) is 17.1. The van der Waals surface area contributed by atoms with E-state index >= 15 is 0 Å². The van der Waals surface area contributed by atoms with Crippen molar-refractivity contribution in [3.8, 4) is 5.75 Å². The summed E-state index contributed by atoms with van der Waals surface area (Å²) in [5, 5.41) is 3.46. The number of para-hydroxylation sites is 1. The molecule has 6 nitrogen and oxygen atoms in total. The molecule has 0 saturated carbocycles. The highest BCUT2D eigenvalue weighted by Gasteiger charge is 2.26. The number of guanidine groups is 1. The predicted molar refractivity (Wildman–Crippen MR) is 114 cm³/mol. The van der Waals surface area contributed by atoms with Crippen LogP contribution in [0.5, 0.6) is 5.75 Å². The Hall–Kier alpha value is -3.02. The van der Waals surface area contributed by atoms with Crippen LogP contribution in [0.25, 0.3) is 0 Å². The molecule has 2 aromatic rings. The molecule has 6 heteroatoms. The van der Waals surface area contributed by atoms with Gasteiger partial charge in [0.05, 0.1) is 13.0 Å². The molecule has 2 aromatic carbocycles. The smallest absolute Gasteiger partial charge is 0.308 e. The molecule has 0 spiro atoms. The quantitative estimate of drug-likeness (QED) is 0.462. The Morgan fingerprint density at radius 1 is 1.07 bits per heavy atom. The molecule has 1 fully saturated rings. The average molecular weight is 396 g/mol. The predicted octanol–water partition coefficient (Wildman–Crippen LogP) is 3.23. The van der Waals surface area contributed by atoms with E-state index in [2.05, 4.69) is 27.3 Å². The number of aliphatic imine (C=N–C) groups is 1. The number of piperidine rings is 1. The fourth-order valence-corrected chi connectivity index (χ4v) is 3.55. The lowest BCUT2D eigenvalue weighted by Crippen LogP contribution is -2.46. The number of likely N-dealkylation sites (tertiary alicyclic amines) is 1. The van der Waals surface area contributed by atoms with Gasteiger partial charge < -0.3 is 19.7 Å². The molecule has 3 rings (SSSR count). The van der Waals surface area contributed by atoms with Crippen molar-refractivity contribution in [3.05, 3.63) is 65.7 Å². The number of carbonyl (C=O) groups is 1. The molecule has 1 saturated heterocycles. The van der Waals surface area contributed by atoms with Crippen LogP contribution < -0.4 is 10.1 Å². The first kappa shape index (κ1) is 20.7. The van der Waals surface area contributed by atoms with Crippen molar-refractivity contribution < 1.29 is 14.3 Å². The number of benzene rings is 2. The van der Waals surface area contributed by atoms with Gasteiger partial charge in [0.15, 0.2) is 5.96 Å². The molecule has 1 N–H and O–H groups in total. The second-order valence-corrected chi connectivity index (χ2v) is 7.06. The molecule has 29 heavy (non-hydrogen) atoms. The van der Waals surface area contributed by atoms with Gasteiger partial charge in [0, 0.05) is 26.7 Å². The summed E-state index contributed by atoms with van der Waals surface area (Å²) >= 11 is 0. The molecule has 154 valence electrons. The van der Waals surface area contributed by atoms with Crippen LogP contribution in [0.4, 0.5) is 0 Å². The monoisotopic (exact) mass is 395 g/mol. The highest BCUT2D eigenvalue weighted by Crippen LogP contribution is 2.19. The minimum atomic E-state index is -0.111. The first-order valence-electron chi connectivity index (χ1n) is 9.99. The van der Waals surface area contributed by atoms with Crippen LogP contribution in [0.3, 0.4) is 0 Å². The first-order valence-corrected chi connectivity index (χ1v) is 9.99. The number of carbonyl (C=O) groups excluding carboxylic acids is 1. The Morgan fingerprint density at radius 3 is 2.38 bits per heavy atom. The SMILES string of the molecule is CN=C(NCc1ccccc1COc1ccccc1)N1CCC(C(=O)OC)CC1. The van der Waals surface area contributed by atoms with Crippen LogP contribution in [-0.2, 0) is 22.7 Å². The van der Waals surface area contributed by atoms with Crippen molar-refractivity contribution in [2.24, 2.45) is 10.9 Å². The molecular weight excluding hydrogens is 366 g/mol. The van der Waals surface area contributed by atoms with Gasteiger partial charge in [-0.15, -0.1) is 0 Å². The number of nitrogens with one attached hydrogen (secondary N) is 1. The lowest BCUT2D eigenvalue weighted by atomic mass is 9.97. The van der Waals surface area contributed by atoms with Gasteiger partial charge in [-0.3, -0.25) is 9.79 Å². The summed E-state index contributed by atoms with van der Waals surface area (Å²) in [6.07, 6.45) is 1.57. The van der Waals surface area contributed by atoms with Crippen molar-refractivity contribution in [2.75, 3.05) is 27.2 Å². The maximum absolute atomic E-state index is 11.7. The number of rotatable bonds is 6. The Bertz CT molecular complexity index is 815. The third-order valence-corrected chi connectivity index (χ3v) is 5.23. The average Bonchev–Trinajstić information content (AvgIpc) is 2.79. The number of hydrogen-bond acceptors (Lipinski definition) is 4. The van der Waals surface area contributed by atoms with E-state index in [1.807, 2.05) is 42.5 Å². The fourth-order valence-electron chi connectivity index (χ4n) is 3.55. The minimum absolute atomic E-state index is 0.00906. The number of ether oxygens (including phenoxy) is 2. The summed E-state index contributed by atoms with van der Waals surface area (Å²) < 4.78 is 10.8. The van der Waals surface area contributed by atoms with Crippen LogP contribution in [0.1, 0.15) is 24.0 Å². The lowest BCUT2D eigenvalue weighted by molar-refractivity contribution is -0.146. The first-order chi connectivity index (χ1) is 14.2. The van der Waals surface area contributed by atoms with Gasteiger partial charge >= 0.3 is 5.97 Å². The normalized spacial score (nSPS) is 15.1. The summed E-state index contributed by atoms with van der Waals surface area (Å²) in [5.74, 6) is 1.59. The van der Waals surface area contributed by atoms with Crippen molar-refractivity contribution >= 4 is 11.9 Å². The number of esters is 1. The van der Waals surface area contributed by atoms with Crippen LogP contribution >= 0.6 is 0 Å². The third-order valence-electron chi connectivity index (χ3n) is 5.23. The lowest BCUT2D eigenvalue weighted by Gasteiger charge is -2.33. The molecule has 1 aliphatic rings. The summed E-state index contributed by atoms with van der Waals surface area (Å²) in [4.78, 5) is 18.3. The Morgan fingerprint density at radius 2 is 1.72 bits per heavy atom. The Kier molecular flexibility index (Phi) is 7.50. The maximum atomic E-state index is 11.7. The summed E-state index contributed by atoms with van der Waals surface area (Å²) in [6.45, 7) is 2.76. The van der Waals surface area contributed by atoms with Crippen molar-refractivity contribution in [3.63, 3.8) is 0 Å². The van der Waals surface area contributed by atoms with Crippen LogP contribution in [0.15, 0.2) is 59.6 Å². The van der Waals surface area contributed by atoms with E-state index in [9.17, 15) is 4.79 Å². The molecule has 0 unspecified atom stereocenters. The molecule has 0 bridgehead atoms. The third kappa shape index (κ3) is 5.73. The largest absolute Gasteiger partial charge is 0.489 e. The van der Waals surface area contributed by atoms with Gasteiger partial charge in [0.1, 0.15) is 12.4 Å². The molecule has 0 amide bonds. The zero-order chi connectivity index (χ0) is 20.5. The second kappa shape index (κ2) is 10.5. The van der Waals surface area contributed by atoms with Crippen LogP contribution in [0, 0.1) is 5.92 Å². The van der Waals surface area contributed by atoms with E-state index in [1.54, 1.807) is 7.05 Å². The fraction of sp³-hybridized carbons (Fsp3) is 0.391. The highest BCUT2D eigenvalue weighted by atomic mass is 16.5. The summed E-state index contributed by atoms with van der Waals surface area (Å²) in [6, 6.07) is 18.1.